The Labute approximate surface area is 82.3 Å². The second-order valence-electron chi connectivity index (χ2n) is 3.01. The van der Waals surface area contributed by atoms with E-state index in [2.05, 4.69) is 0 Å². The van der Waals surface area contributed by atoms with Gasteiger partial charge in [0.05, 0.1) is 18.6 Å². The summed E-state index contributed by atoms with van der Waals surface area (Å²) in [6.07, 6.45) is 0.781. The summed E-state index contributed by atoms with van der Waals surface area (Å²) in [7, 11) is -1.29. The van der Waals surface area contributed by atoms with E-state index < -0.39 is 18.5 Å². The molecular formula is C6H9Cl2O3P. The van der Waals surface area contributed by atoms with Gasteiger partial charge in [0.2, 0.25) is 4.52 Å². The lowest BCUT2D eigenvalue weighted by molar-refractivity contribution is -0.110. The summed E-state index contributed by atoms with van der Waals surface area (Å²) < 4.78 is 14.6. The maximum atomic E-state index is 6.02. The monoisotopic (exact) mass is 230 g/mol. The number of fused-ring (bicyclic) bond motifs is 3. The Morgan fingerprint density at radius 1 is 1.33 bits per heavy atom. The molecular weight excluding hydrogens is 222 g/mol. The predicted molar refractivity (Wildman–Crippen MR) is 47.1 cm³/mol. The lowest BCUT2D eigenvalue weighted by Crippen LogP contribution is -2.53. The number of hydrogen-bond acceptors (Lipinski definition) is 3. The molecule has 0 aliphatic carbocycles. The summed E-state index contributed by atoms with van der Waals surface area (Å²) in [5.74, 6) is 0. The van der Waals surface area contributed by atoms with Crippen LogP contribution in [0.15, 0.2) is 0 Å². The molecule has 0 unspecified atom stereocenters. The van der Waals surface area contributed by atoms with Crippen molar-refractivity contribution in [3.63, 3.8) is 0 Å². The van der Waals surface area contributed by atoms with Crippen molar-refractivity contribution in [2.75, 3.05) is 13.2 Å². The molecule has 0 saturated carbocycles. The Morgan fingerprint density at radius 3 is 2.25 bits per heavy atom. The normalized spacial score (nSPS) is 44.8. The summed E-state index contributed by atoms with van der Waals surface area (Å²) >= 11 is 12.0. The van der Waals surface area contributed by atoms with Gasteiger partial charge in [-0.3, -0.25) is 4.52 Å². The predicted octanol–water partition coefficient (Wildman–Crippen LogP) is 2.82. The van der Waals surface area contributed by atoms with E-state index in [0.717, 1.165) is 6.42 Å². The maximum absolute atomic E-state index is 6.02. The van der Waals surface area contributed by atoms with Crippen LogP contribution in [0.2, 0.25) is 0 Å². The van der Waals surface area contributed by atoms with Crippen molar-refractivity contribution in [2.24, 2.45) is 5.41 Å². The van der Waals surface area contributed by atoms with Crippen LogP contribution in [-0.4, -0.2) is 17.7 Å². The van der Waals surface area contributed by atoms with Crippen LogP contribution >= 0.6 is 31.8 Å². The molecule has 70 valence electrons. The SMILES string of the molecule is CCC12COP(OC1)OC2(Cl)Cl. The molecule has 0 aromatic heterocycles. The fourth-order valence-electron chi connectivity index (χ4n) is 1.25. The molecule has 0 atom stereocenters. The third kappa shape index (κ3) is 1.19. The molecule has 3 fully saturated rings. The zero-order valence-corrected chi connectivity index (χ0v) is 8.96. The molecule has 3 nitrogen and oxygen atoms in total. The van der Waals surface area contributed by atoms with Gasteiger partial charge in [0, 0.05) is 0 Å². The van der Waals surface area contributed by atoms with Crippen molar-refractivity contribution >= 4 is 31.8 Å². The average molecular weight is 231 g/mol. The van der Waals surface area contributed by atoms with Crippen LogP contribution in [0.25, 0.3) is 0 Å². The minimum atomic E-state index is -1.29. The smallest absolute Gasteiger partial charge is 0.311 e. The van der Waals surface area contributed by atoms with E-state index in [1.807, 2.05) is 6.92 Å². The Kier molecular flexibility index (Phi) is 2.32. The molecule has 3 heterocycles. The topological polar surface area (TPSA) is 27.7 Å². The van der Waals surface area contributed by atoms with Crippen LogP contribution in [0.3, 0.4) is 0 Å². The molecule has 2 bridgehead atoms. The summed E-state index contributed by atoms with van der Waals surface area (Å²) in [6.45, 7) is 3.05. The van der Waals surface area contributed by atoms with Crippen molar-refractivity contribution in [2.45, 2.75) is 17.9 Å². The molecule has 0 radical (unpaired) electrons. The standard InChI is InChI=1S/C6H9Cl2O3P/c1-2-5-3-9-12(10-4-5)11-6(5,7)8/h2-4H2,1H3. The second kappa shape index (κ2) is 2.94. The fraction of sp³-hybridized carbons (Fsp3) is 1.00. The molecule has 6 heteroatoms. The van der Waals surface area contributed by atoms with Gasteiger partial charge in [0.15, 0.2) is 0 Å². The first-order valence-electron chi connectivity index (χ1n) is 3.72. The van der Waals surface area contributed by atoms with Crippen molar-refractivity contribution < 1.29 is 13.6 Å². The van der Waals surface area contributed by atoms with Crippen molar-refractivity contribution in [1.29, 1.82) is 0 Å². The Hall–Kier alpha value is 0.890. The van der Waals surface area contributed by atoms with Crippen LogP contribution in [0.4, 0.5) is 0 Å². The van der Waals surface area contributed by atoms with Gasteiger partial charge in [0.1, 0.15) is 0 Å². The molecule has 3 saturated heterocycles. The first-order valence-corrected chi connectivity index (χ1v) is 5.58. The summed E-state index contributed by atoms with van der Waals surface area (Å²) in [5, 5.41) is 0. The quantitative estimate of drug-likeness (QED) is 0.513. The molecule has 3 rings (SSSR count). The lowest BCUT2D eigenvalue weighted by Gasteiger charge is -2.50. The average Bonchev–Trinajstić information content (AvgIpc) is 2.04. The van der Waals surface area contributed by atoms with E-state index in [0.29, 0.717) is 13.2 Å². The van der Waals surface area contributed by atoms with Gasteiger partial charge in [0.25, 0.3) is 0 Å². The van der Waals surface area contributed by atoms with Gasteiger partial charge in [-0.15, -0.1) is 0 Å². The Bertz CT molecular complexity index is 191. The van der Waals surface area contributed by atoms with Gasteiger partial charge < -0.3 is 9.05 Å². The summed E-state index contributed by atoms with van der Waals surface area (Å²) in [4.78, 5) is 0. The molecule has 0 amide bonds. The number of halogens is 2. The number of alkyl halides is 2. The van der Waals surface area contributed by atoms with Crippen LogP contribution in [0, 0.1) is 5.41 Å². The highest BCUT2D eigenvalue weighted by Crippen LogP contribution is 2.65. The van der Waals surface area contributed by atoms with Crippen molar-refractivity contribution in [3.8, 4) is 0 Å². The van der Waals surface area contributed by atoms with Gasteiger partial charge in [-0.2, -0.15) is 0 Å². The van der Waals surface area contributed by atoms with Crippen molar-refractivity contribution in [3.05, 3.63) is 0 Å². The zero-order chi connectivity index (χ0) is 8.82. The highest BCUT2D eigenvalue weighted by Gasteiger charge is 2.60. The second-order valence-corrected chi connectivity index (χ2v) is 5.42. The third-order valence-electron chi connectivity index (χ3n) is 2.38. The van der Waals surface area contributed by atoms with Gasteiger partial charge >= 0.3 is 8.60 Å². The van der Waals surface area contributed by atoms with Crippen molar-refractivity contribution in [1.82, 2.24) is 0 Å². The zero-order valence-electron chi connectivity index (χ0n) is 6.55. The minimum absolute atomic E-state index is 0.396. The van der Waals surface area contributed by atoms with E-state index in [4.69, 9.17) is 36.8 Å². The van der Waals surface area contributed by atoms with E-state index in [-0.39, 0.29) is 0 Å². The van der Waals surface area contributed by atoms with Crippen LogP contribution in [-0.2, 0) is 13.6 Å². The van der Waals surface area contributed by atoms with Crippen LogP contribution in [0.1, 0.15) is 13.3 Å². The van der Waals surface area contributed by atoms with Crippen LogP contribution in [0.5, 0.6) is 0 Å². The van der Waals surface area contributed by atoms with Gasteiger partial charge in [-0.25, -0.2) is 0 Å². The summed E-state index contributed by atoms with van der Waals surface area (Å²) in [6, 6.07) is 0. The van der Waals surface area contributed by atoms with E-state index in [1.54, 1.807) is 0 Å². The van der Waals surface area contributed by atoms with E-state index in [1.165, 1.54) is 0 Å². The Morgan fingerprint density at radius 2 is 1.92 bits per heavy atom. The third-order valence-corrected chi connectivity index (χ3v) is 4.65. The highest BCUT2D eigenvalue weighted by atomic mass is 35.5. The van der Waals surface area contributed by atoms with Gasteiger partial charge in [-0.1, -0.05) is 30.1 Å². The molecule has 0 aromatic rings. The molecule has 3 aliphatic rings. The lowest BCUT2D eigenvalue weighted by atomic mass is 9.87. The number of rotatable bonds is 1. The minimum Gasteiger partial charge on any atom is -0.311 e. The Balaban J connectivity index is 2.27. The molecule has 12 heavy (non-hydrogen) atoms. The largest absolute Gasteiger partial charge is 0.335 e. The first kappa shape index (κ1) is 9.45. The molecule has 0 spiro atoms. The highest BCUT2D eigenvalue weighted by molar-refractivity contribution is 7.42. The first-order chi connectivity index (χ1) is 5.60. The van der Waals surface area contributed by atoms with Crippen LogP contribution < -0.4 is 0 Å². The van der Waals surface area contributed by atoms with E-state index >= 15 is 0 Å². The summed E-state index contributed by atoms with van der Waals surface area (Å²) in [5.41, 5.74) is -0.396. The maximum Gasteiger partial charge on any atom is 0.335 e. The molecule has 0 N–H and O–H groups in total. The molecule has 3 aliphatic heterocycles. The molecule has 0 aromatic carbocycles. The van der Waals surface area contributed by atoms with E-state index in [9.17, 15) is 0 Å². The fourth-order valence-corrected chi connectivity index (χ4v) is 3.34. The number of hydrogen-bond donors (Lipinski definition) is 0. The van der Waals surface area contributed by atoms with Gasteiger partial charge in [-0.05, 0) is 6.42 Å².